The van der Waals surface area contributed by atoms with E-state index in [0.717, 1.165) is 18.0 Å². The Bertz CT molecular complexity index is 962. The number of esters is 1. The van der Waals surface area contributed by atoms with E-state index < -0.39 is 0 Å². The molecular weight excluding hydrogens is 398 g/mol. The van der Waals surface area contributed by atoms with Crippen LogP contribution in [0.15, 0.2) is 84.9 Å². The minimum Gasteiger partial charge on any atom is -0.494 e. The summed E-state index contributed by atoms with van der Waals surface area (Å²) in [6.07, 6.45) is 2.22. The molecular formula is C28H33NO3. The molecule has 168 valence electrons. The fourth-order valence-corrected chi connectivity index (χ4v) is 3.03. The molecule has 4 nitrogen and oxygen atoms in total. The predicted octanol–water partition coefficient (Wildman–Crippen LogP) is 6.84. The van der Waals surface area contributed by atoms with E-state index >= 15 is 0 Å². The quantitative estimate of drug-likeness (QED) is 0.397. The molecule has 0 fully saturated rings. The summed E-state index contributed by atoms with van der Waals surface area (Å²) in [5.41, 5.74) is 6.10. The zero-order valence-corrected chi connectivity index (χ0v) is 19.4. The second-order valence-corrected chi connectivity index (χ2v) is 7.09. The lowest BCUT2D eigenvalue weighted by atomic mass is 10.0. The first-order chi connectivity index (χ1) is 15.5. The first-order valence-corrected chi connectivity index (χ1v) is 11.0. The maximum absolute atomic E-state index is 9.82. The van der Waals surface area contributed by atoms with E-state index in [4.69, 9.17) is 4.74 Å². The van der Waals surface area contributed by atoms with Gasteiger partial charge in [-0.15, -0.1) is 0 Å². The summed E-state index contributed by atoms with van der Waals surface area (Å²) in [6, 6.07) is 27.3. The molecule has 3 aromatic carbocycles. The lowest BCUT2D eigenvalue weighted by molar-refractivity contribution is -0.140. The normalized spacial score (nSPS) is 10.6. The molecule has 0 aliphatic heterocycles. The maximum atomic E-state index is 9.82. The van der Waals surface area contributed by atoms with Gasteiger partial charge in [-0.1, -0.05) is 60.7 Å². The van der Waals surface area contributed by atoms with Crippen molar-refractivity contribution in [2.24, 2.45) is 0 Å². The highest BCUT2D eigenvalue weighted by atomic mass is 16.5. The zero-order chi connectivity index (χ0) is 23.2. The van der Waals surface area contributed by atoms with Crippen LogP contribution in [0, 0.1) is 0 Å². The number of carbonyl (C=O) groups is 1. The summed E-state index contributed by atoms with van der Waals surface area (Å²) >= 11 is 0. The van der Waals surface area contributed by atoms with Crippen LogP contribution in [0.5, 0.6) is 5.75 Å². The van der Waals surface area contributed by atoms with Gasteiger partial charge < -0.3 is 14.8 Å². The highest BCUT2D eigenvalue weighted by Gasteiger charge is 1.99. The van der Waals surface area contributed by atoms with Crippen molar-refractivity contribution in [3.63, 3.8) is 0 Å². The number of benzene rings is 3. The highest BCUT2D eigenvalue weighted by Crippen LogP contribution is 2.22. The number of hydrogen-bond acceptors (Lipinski definition) is 4. The van der Waals surface area contributed by atoms with Crippen LogP contribution in [0.4, 0.5) is 5.69 Å². The van der Waals surface area contributed by atoms with Crippen LogP contribution in [-0.4, -0.2) is 25.7 Å². The van der Waals surface area contributed by atoms with Gasteiger partial charge >= 0.3 is 5.97 Å². The minimum absolute atomic E-state index is 0.211. The van der Waals surface area contributed by atoms with Crippen molar-refractivity contribution < 1.29 is 14.3 Å². The van der Waals surface area contributed by atoms with E-state index in [1.165, 1.54) is 29.2 Å². The van der Waals surface area contributed by atoms with Crippen molar-refractivity contribution in [2.75, 3.05) is 25.1 Å². The smallest absolute Gasteiger partial charge is 0.302 e. The van der Waals surface area contributed by atoms with Crippen LogP contribution < -0.4 is 10.1 Å². The van der Waals surface area contributed by atoms with E-state index in [2.05, 4.69) is 71.6 Å². The van der Waals surface area contributed by atoms with Crippen molar-refractivity contribution in [1.29, 1.82) is 0 Å². The Morgan fingerprint density at radius 2 is 1.44 bits per heavy atom. The zero-order valence-electron chi connectivity index (χ0n) is 19.4. The van der Waals surface area contributed by atoms with Gasteiger partial charge in [0.25, 0.3) is 0 Å². The molecule has 32 heavy (non-hydrogen) atoms. The summed E-state index contributed by atoms with van der Waals surface area (Å²) < 4.78 is 9.87. The fraction of sp³-hybridized carbons (Fsp3) is 0.250. The molecule has 0 aliphatic rings. The number of carbonyl (C=O) groups excluding carboxylic acids is 1. The second kappa shape index (κ2) is 13.7. The molecule has 1 N–H and O–H groups in total. The molecule has 0 spiro atoms. The van der Waals surface area contributed by atoms with Gasteiger partial charge in [0.15, 0.2) is 0 Å². The predicted molar refractivity (Wildman–Crippen MR) is 134 cm³/mol. The molecule has 0 atom stereocenters. The van der Waals surface area contributed by atoms with Gasteiger partial charge in [-0.25, -0.2) is 0 Å². The van der Waals surface area contributed by atoms with Crippen molar-refractivity contribution in [2.45, 2.75) is 27.7 Å². The summed E-state index contributed by atoms with van der Waals surface area (Å²) in [7, 11) is 0. The average molecular weight is 432 g/mol. The standard InChI is InChI=1S/C24H25NO.C4H8O2/c1-3-26-24-15-13-23(14-16-24)25-18-17-19(2)20-9-11-22(12-10-20)21-7-5-4-6-8-21;1-3-6-4(2)5/h4-17,25H,3,18H2,1-2H3;3H2,1-2H3/b19-17+;. The number of rotatable bonds is 8. The van der Waals surface area contributed by atoms with Gasteiger partial charge in [0, 0.05) is 19.2 Å². The van der Waals surface area contributed by atoms with E-state index in [1.807, 2.05) is 37.3 Å². The lowest BCUT2D eigenvalue weighted by Gasteiger charge is -2.08. The Balaban J connectivity index is 0.000000534. The maximum Gasteiger partial charge on any atom is 0.302 e. The Labute approximate surface area is 191 Å². The largest absolute Gasteiger partial charge is 0.494 e. The van der Waals surface area contributed by atoms with Crippen LogP contribution in [0.2, 0.25) is 0 Å². The van der Waals surface area contributed by atoms with Gasteiger partial charge in [0.1, 0.15) is 5.75 Å². The summed E-state index contributed by atoms with van der Waals surface area (Å²) in [5, 5.41) is 3.42. The summed E-state index contributed by atoms with van der Waals surface area (Å²) in [4.78, 5) is 9.82. The Hall–Kier alpha value is -3.53. The van der Waals surface area contributed by atoms with Gasteiger partial charge in [0.2, 0.25) is 0 Å². The van der Waals surface area contributed by atoms with Crippen LogP contribution in [0.25, 0.3) is 16.7 Å². The van der Waals surface area contributed by atoms with Crippen LogP contribution >= 0.6 is 0 Å². The molecule has 0 heterocycles. The van der Waals surface area contributed by atoms with Crippen molar-refractivity contribution >= 4 is 17.2 Å². The molecule has 4 heteroatoms. The van der Waals surface area contributed by atoms with Crippen LogP contribution in [0.1, 0.15) is 33.3 Å². The van der Waals surface area contributed by atoms with Gasteiger partial charge in [-0.05, 0) is 67.3 Å². The van der Waals surface area contributed by atoms with Crippen LogP contribution in [0.3, 0.4) is 0 Å². The minimum atomic E-state index is -0.211. The van der Waals surface area contributed by atoms with E-state index in [1.54, 1.807) is 6.92 Å². The van der Waals surface area contributed by atoms with Gasteiger partial charge in [-0.3, -0.25) is 4.79 Å². The number of hydrogen-bond donors (Lipinski definition) is 1. The Morgan fingerprint density at radius 1 is 0.812 bits per heavy atom. The lowest BCUT2D eigenvalue weighted by Crippen LogP contribution is -1.99. The fourth-order valence-electron chi connectivity index (χ4n) is 3.03. The molecule has 0 aromatic heterocycles. The molecule has 3 rings (SSSR count). The molecule has 0 saturated heterocycles. The molecule has 0 unspecified atom stereocenters. The topological polar surface area (TPSA) is 47.6 Å². The highest BCUT2D eigenvalue weighted by molar-refractivity contribution is 5.70. The first kappa shape index (κ1) is 24.7. The number of anilines is 1. The van der Waals surface area contributed by atoms with E-state index in [0.29, 0.717) is 13.2 Å². The van der Waals surface area contributed by atoms with Crippen molar-refractivity contribution in [1.82, 2.24) is 0 Å². The van der Waals surface area contributed by atoms with Gasteiger partial charge in [-0.2, -0.15) is 0 Å². The monoisotopic (exact) mass is 431 g/mol. The average Bonchev–Trinajstić information content (AvgIpc) is 2.81. The Morgan fingerprint density at radius 3 is 1.97 bits per heavy atom. The second-order valence-electron chi connectivity index (χ2n) is 7.09. The number of ether oxygens (including phenoxy) is 2. The Kier molecular flexibility index (Phi) is 10.6. The third-order valence-electron chi connectivity index (χ3n) is 4.67. The summed E-state index contributed by atoms with van der Waals surface area (Å²) in [6.45, 7) is 9.28. The third-order valence-corrected chi connectivity index (χ3v) is 4.67. The van der Waals surface area contributed by atoms with Crippen molar-refractivity contribution in [3.05, 3.63) is 90.5 Å². The molecule has 0 radical (unpaired) electrons. The molecule has 0 amide bonds. The van der Waals surface area contributed by atoms with Crippen LogP contribution in [-0.2, 0) is 9.53 Å². The first-order valence-electron chi connectivity index (χ1n) is 11.0. The number of allylic oxidation sites excluding steroid dienone is 1. The molecule has 0 saturated carbocycles. The molecule has 3 aromatic rings. The van der Waals surface area contributed by atoms with Gasteiger partial charge in [0.05, 0.1) is 13.2 Å². The molecule has 0 bridgehead atoms. The summed E-state index contributed by atoms with van der Waals surface area (Å²) in [5.74, 6) is 0.695. The van der Waals surface area contributed by atoms with E-state index in [9.17, 15) is 4.79 Å². The van der Waals surface area contributed by atoms with Crippen molar-refractivity contribution in [3.8, 4) is 16.9 Å². The SMILES string of the molecule is CCOC(C)=O.CCOc1ccc(NC/C=C(\C)c2ccc(-c3ccccc3)cc2)cc1. The van der Waals surface area contributed by atoms with E-state index in [-0.39, 0.29) is 5.97 Å². The third kappa shape index (κ3) is 8.68. The number of nitrogens with one attached hydrogen (secondary N) is 1. The molecule has 0 aliphatic carbocycles.